The summed E-state index contributed by atoms with van der Waals surface area (Å²) in [6.07, 6.45) is -7.46. The lowest BCUT2D eigenvalue weighted by Crippen LogP contribution is -2.60. The van der Waals surface area contributed by atoms with Crippen LogP contribution in [0, 0.1) is 5.92 Å². The molecule has 0 radical (unpaired) electrons. The number of carboxylic acid groups (broad SMARTS) is 2. The molecule has 0 saturated carbocycles. The maximum atomic E-state index is 14.7. The van der Waals surface area contributed by atoms with Gasteiger partial charge in [0.1, 0.15) is 54.9 Å². The van der Waals surface area contributed by atoms with Crippen LogP contribution < -0.4 is 17.0 Å². The molecule has 0 unspecified atom stereocenters. The number of unbranched alkanes of at least 4 members (excludes halogenated alkanes) is 7. The number of aromatic amines is 1. The molecule has 3 aliphatic rings. The molecule has 402 valence electrons. The Morgan fingerprint density at radius 1 is 0.915 bits per heavy atom. The third kappa shape index (κ3) is 16.9. The molecule has 27 heteroatoms. The van der Waals surface area contributed by atoms with E-state index in [2.05, 4.69) is 17.2 Å². The number of nitrogens with one attached hydrogen (secondary N) is 1. The SMILES string of the molecule is CCCCCCCC/C=C\CCC[C@@H](CC(=O)O[C@H]1CN(C)[C@H]([C@H](O[C@@H]2O[C@H](CN)[C@@H](O)[C@H]2OS(=O)(=O)O)[C@H]2O[C@@H](n3ccc(=O)[nH]c3=O)[C@H](O)[C@@H]2O)C(=O)N(C)[C@@H]1C(=O)O)OC(=O)C[C@H](C)CC(=O)O. The zero-order valence-corrected chi connectivity index (χ0v) is 40.9. The van der Waals surface area contributed by atoms with E-state index >= 15 is 0 Å². The van der Waals surface area contributed by atoms with Crippen LogP contribution in [0.1, 0.15) is 104 Å². The van der Waals surface area contributed by atoms with Gasteiger partial charge < -0.3 is 59.9 Å². The lowest BCUT2D eigenvalue weighted by atomic mass is 9.97. The summed E-state index contributed by atoms with van der Waals surface area (Å²) in [4.78, 5) is 94.2. The minimum atomic E-state index is -5.37. The van der Waals surface area contributed by atoms with Crippen molar-refractivity contribution in [3.63, 3.8) is 0 Å². The van der Waals surface area contributed by atoms with Crippen LogP contribution in [0.5, 0.6) is 0 Å². The average molecular weight is 1040 g/mol. The van der Waals surface area contributed by atoms with Crippen LogP contribution >= 0.6 is 0 Å². The molecule has 0 bridgehead atoms. The van der Waals surface area contributed by atoms with Crippen molar-refractivity contribution in [3.8, 4) is 0 Å². The average Bonchev–Trinajstić information content (AvgIpc) is 3.69. The van der Waals surface area contributed by atoms with E-state index in [0.717, 1.165) is 56.3 Å². The molecule has 71 heavy (non-hydrogen) atoms. The lowest BCUT2D eigenvalue weighted by molar-refractivity contribution is -0.230. The Kier molecular flexibility index (Phi) is 22.7. The summed E-state index contributed by atoms with van der Waals surface area (Å²) < 4.78 is 68.0. The monoisotopic (exact) mass is 1040 g/mol. The fourth-order valence-electron chi connectivity index (χ4n) is 8.89. The molecule has 14 atom stereocenters. The third-order valence-electron chi connectivity index (χ3n) is 12.5. The van der Waals surface area contributed by atoms with Crippen LogP contribution in [0.4, 0.5) is 0 Å². The molecule has 0 aromatic carbocycles. The molecule has 4 heterocycles. The first kappa shape index (κ1) is 58.9. The fraction of sp³-hybridized carbons (Fsp3) is 0.750. The predicted molar refractivity (Wildman–Crippen MR) is 244 cm³/mol. The summed E-state index contributed by atoms with van der Waals surface area (Å²) in [6, 6.07) is -2.90. The molecule has 26 nitrogen and oxygen atoms in total. The number of carbonyl (C=O) groups excluding carboxylic acids is 3. The second-order valence-corrected chi connectivity index (χ2v) is 19.2. The molecule has 9 N–H and O–H groups in total. The van der Waals surface area contributed by atoms with Gasteiger partial charge in [-0.15, -0.1) is 0 Å². The maximum Gasteiger partial charge on any atom is 0.397 e. The fourth-order valence-corrected chi connectivity index (χ4v) is 9.37. The first-order valence-corrected chi connectivity index (χ1v) is 25.0. The highest BCUT2D eigenvalue weighted by Crippen LogP contribution is 2.37. The first-order chi connectivity index (χ1) is 33.5. The van der Waals surface area contributed by atoms with Gasteiger partial charge in [0.25, 0.3) is 5.56 Å². The molecule has 3 fully saturated rings. The number of carbonyl (C=O) groups is 5. The van der Waals surface area contributed by atoms with Crippen molar-refractivity contribution in [1.29, 1.82) is 0 Å². The van der Waals surface area contributed by atoms with Gasteiger partial charge in [-0.25, -0.2) is 13.8 Å². The van der Waals surface area contributed by atoms with Crippen LogP contribution in [0.15, 0.2) is 34.0 Å². The Morgan fingerprint density at radius 2 is 1.58 bits per heavy atom. The smallest absolute Gasteiger partial charge is 0.397 e. The van der Waals surface area contributed by atoms with E-state index in [9.17, 15) is 72.1 Å². The molecular weight excluding hydrogens is 967 g/mol. The number of aliphatic hydroxyl groups is 3. The zero-order valence-electron chi connectivity index (χ0n) is 40.1. The molecule has 1 amide bonds. The normalized spacial score (nSPS) is 28.7. The highest BCUT2D eigenvalue weighted by molar-refractivity contribution is 7.80. The number of allylic oxidation sites excluding steroid dienone is 2. The summed E-state index contributed by atoms with van der Waals surface area (Å²) in [5, 5.41) is 53.4. The molecular formula is C44H69N5O21S. The van der Waals surface area contributed by atoms with E-state index in [-0.39, 0.29) is 19.3 Å². The summed E-state index contributed by atoms with van der Waals surface area (Å²) in [5.74, 6) is -6.33. The number of nitrogens with two attached hydrogens (primary N) is 1. The number of hydrogen-bond acceptors (Lipinski definition) is 20. The van der Waals surface area contributed by atoms with Gasteiger partial charge in [0.15, 0.2) is 24.7 Å². The van der Waals surface area contributed by atoms with Gasteiger partial charge in [-0.1, -0.05) is 58.1 Å². The molecule has 4 rings (SSSR count). The Morgan fingerprint density at radius 3 is 2.20 bits per heavy atom. The number of likely N-dealkylation sites (N-methyl/N-ethyl adjacent to an activating group) is 2. The number of amides is 1. The van der Waals surface area contributed by atoms with Crippen molar-refractivity contribution >= 4 is 40.2 Å². The van der Waals surface area contributed by atoms with E-state index in [1.54, 1.807) is 6.92 Å². The van der Waals surface area contributed by atoms with E-state index in [1.807, 2.05) is 11.1 Å². The zero-order chi connectivity index (χ0) is 52.7. The quantitative estimate of drug-likeness (QED) is 0.0220. The van der Waals surface area contributed by atoms with Gasteiger partial charge in [0.05, 0.1) is 6.42 Å². The van der Waals surface area contributed by atoms with Gasteiger partial charge in [-0.05, 0) is 45.1 Å². The van der Waals surface area contributed by atoms with Crippen molar-refractivity contribution in [2.24, 2.45) is 11.7 Å². The number of esters is 2. The van der Waals surface area contributed by atoms with E-state index in [4.69, 9.17) is 29.4 Å². The molecule has 0 spiro atoms. The number of nitrogens with zero attached hydrogens (tertiary/aromatic N) is 3. The summed E-state index contributed by atoms with van der Waals surface area (Å²) in [6.45, 7) is 2.61. The number of aliphatic hydroxyl groups excluding tert-OH is 3. The van der Waals surface area contributed by atoms with Crippen molar-refractivity contribution in [2.45, 2.75) is 177 Å². The highest BCUT2D eigenvalue weighted by Gasteiger charge is 2.58. The molecule has 3 aliphatic heterocycles. The first-order valence-electron chi connectivity index (χ1n) is 23.6. The largest absolute Gasteiger partial charge is 0.481 e. The Labute approximate surface area is 409 Å². The van der Waals surface area contributed by atoms with Gasteiger partial charge in [0.2, 0.25) is 5.91 Å². The lowest BCUT2D eigenvalue weighted by Gasteiger charge is -2.38. The Balaban J connectivity index is 1.63. The molecule has 1 aromatic heterocycles. The summed E-state index contributed by atoms with van der Waals surface area (Å²) in [5.41, 5.74) is 3.79. The second-order valence-electron chi connectivity index (χ2n) is 18.2. The van der Waals surface area contributed by atoms with Crippen LogP contribution in [0.25, 0.3) is 0 Å². The van der Waals surface area contributed by atoms with Crippen molar-refractivity contribution in [3.05, 3.63) is 45.3 Å². The van der Waals surface area contributed by atoms with Gasteiger partial charge >= 0.3 is 40.0 Å². The topological polar surface area (TPSA) is 384 Å². The summed E-state index contributed by atoms with van der Waals surface area (Å²) in [7, 11) is -3.07. The van der Waals surface area contributed by atoms with E-state index in [1.165, 1.54) is 19.9 Å². The van der Waals surface area contributed by atoms with Crippen molar-refractivity contribution in [2.75, 3.05) is 27.2 Å². The number of hydrogen-bond donors (Lipinski definition) is 8. The summed E-state index contributed by atoms with van der Waals surface area (Å²) >= 11 is 0. The standard InChI is InChI=1S/C44H69N5O21S/c1-5-6-7-8-9-10-11-12-13-14-15-16-25(65-30(53)20-24(2)19-29(51)52)21-31(54)66-27-23-47(3)33(40(58)48(4)32(27)42(59)60)37(69-43-39(70-71(62,63)64)34(55)26(22-45)67-43)38-35(56)36(57)41(68-38)49-18-17-28(50)46-44(49)61/h12-13,17-18,24-27,32-39,41,43,55-57H,5-11,14-16,19-23,45H2,1-4H3,(H,51,52)(H,59,60)(H,46,50,61)(H,62,63,64)/b13-12-/t24-,25+,26-,27+,32+,33-,34-,35+,36-,37+,38+,39-,41-,43+/m1/s1. The Hall–Kier alpha value is -4.68. The number of aromatic nitrogens is 2. The second kappa shape index (κ2) is 27.4. The molecule has 1 aromatic rings. The molecule has 3 saturated heterocycles. The number of rotatable bonds is 28. The molecule has 0 aliphatic carbocycles. The van der Waals surface area contributed by atoms with Crippen LogP contribution in [0.3, 0.4) is 0 Å². The Bertz CT molecular complexity index is 2210. The van der Waals surface area contributed by atoms with Crippen LogP contribution in [-0.2, 0) is 62.2 Å². The van der Waals surface area contributed by atoms with E-state index in [0.29, 0.717) is 22.3 Å². The number of ether oxygens (including phenoxy) is 5. The third-order valence-corrected chi connectivity index (χ3v) is 12.9. The predicted octanol–water partition coefficient (Wildman–Crippen LogP) is -0.809. The van der Waals surface area contributed by atoms with Crippen LogP contribution in [-0.4, -0.2) is 188 Å². The number of H-pyrrole nitrogens is 1. The van der Waals surface area contributed by atoms with Gasteiger partial charge in [-0.2, -0.15) is 8.42 Å². The van der Waals surface area contributed by atoms with Crippen LogP contribution in [0.2, 0.25) is 0 Å². The van der Waals surface area contributed by atoms with Crippen molar-refractivity contribution in [1.82, 2.24) is 19.4 Å². The van der Waals surface area contributed by atoms with Crippen molar-refractivity contribution < 1.29 is 90.3 Å². The van der Waals surface area contributed by atoms with Gasteiger partial charge in [0, 0.05) is 45.2 Å². The minimum absolute atomic E-state index is 0.162. The maximum absolute atomic E-state index is 14.7. The number of aliphatic carboxylic acids is 2. The van der Waals surface area contributed by atoms with Gasteiger partial charge in [-0.3, -0.25) is 43.0 Å². The highest BCUT2D eigenvalue weighted by atomic mass is 32.3. The number of carboxylic acids is 2. The van der Waals surface area contributed by atoms with E-state index < -0.39 is 156 Å². The minimum Gasteiger partial charge on any atom is -0.481 e.